The Hall–Kier alpha value is -3.09. The van der Waals surface area contributed by atoms with Gasteiger partial charge < -0.3 is 5.32 Å². The van der Waals surface area contributed by atoms with Crippen LogP contribution in [0.25, 0.3) is 0 Å². The van der Waals surface area contributed by atoms with Crippen LogP contribution in [0, 0.1) is 11.8 Å². The van der Waals surface area contributed by atoms with E-state index in [1.54, 1.807) is 30.5 Å². The number of amides is 1. The molecule has 3 nitrogen and oxygen atoms in total. The molecule has 0 aliphatic rings. The zero-order chi connectivity index (χ0) is 16.8. The van der Waals surface area contributed by atoms with Gasteiger partial charge in [0.15, 0.2) is 0 Å². The number of carbonyl (C=O) groups excluding carboxylic acids is 1. The quantitative estimate of drug-likeness (QED) is 0.707. The van der Waals surface area contributed by atoms with Crippen LogP contribution >= 0.6 is 11.6 Å². The fourth-order valence-electron chi connectivity index (χ4n) is 2.05. The van der Waals surface area contributed by atoms with E-state index in [1.165, 1.54) is 0 Å². The van der Waals surface area contributed by atoms with Crippen LogP contribution in [0.15, 0.2) is 72.9 Å². The summed E-state index contributed by atoms with van der Waals surface area (Å²) in [7, 11) is 0. The summed E-state index contributed by atoms with van der Waals surface area (Å²) in [6.07, 6.45) is 1.70. The summed E-state index contributed by atoms with van der Waals surface area (Å²) in [4.78, 5) is 16.4. The topological polar surface area (TPSA) is 42.0 Å². The monoisotopic (exact) mass is 332 g/mol. The van der Waals surface area contributed by atoms with Gasteiger partial charge >= 0.3 is 0 Å². The highest BCUT2D eigenvalue weighted by atomic mass is 35.5. The molecule has 3 rings (SSSR count). The number of rotatable bonds is 2. The van der Waals surface area contributed by atoms with Gasteiger partial charge in [0.05, 0.1) is 0 Å². The van der Waals surface area contributed by atoms with Crippen molar-refractivity contribution in [1.29, 1.82) is 0 Å². The van der Waals surface area contributed by atoms with Crippen LogP contribution in [-0.2, 0) is 0 Å². The molecule has 0 aliphatic carbocycles. The van der Waals surface area contributed by atoms with Crippen LogP contribution in [0.1, 0.15) is 21.6 Å². The second-order valence-electron chi connectivity index (χ2n) is 5.01. The Kier molecular flexibility index (Phi) is 4.90. The standard InChI is InChI=1S/C20H13ClN2O/c21-17-10-8-16(9-11-17)20(24)23-19-6-3-4-15(14-19)7-12-18-5-1-2-13-22-18/h1-6,8-11,13-14H,(H,23,24). The van der Waals surface area contributed by atoms with Gasteiger partial charge in [-0.3, -0.25) is 4.79 Å². The van der Waals surface area contributed by atoms with E-state index in [2.05, 4.69) is 22.1 Å². The van der Waals surface area contributed by atoms with E-state index in [4.69, 9.17) is 11.6 Å². The van der Waals surface area contributed by atoms with Gasteiger partial charge in [-0.05, 0) is 60.5 Å². The predicted octanol–water partition coefficient (Wildman–Crippen LogP) is 4.39. The molecule has 0 saturated heterocycles. The Balaban J connectivity index is 1.75. The number of nitrogens with zero attached hydrogens (tertiary/aromatic N) is 1. The first kappa shape index (κ1) is 15.8. The van der Waals surface area contributed by atoms with Crippen molar-refractivity contribution in [2.24, 2.45) is 0 Å². The molecule has 0 bridgehead atoms. The molecular weight excluding hydrogens is 320 g/mol. The number of pyridine rings is 1. The van der Waals surface area contributed by atoms with Gasteiger partial charge in [-0.1, -0.05) is 29.7 Å². The smallest absolute Gasteiger partial charge is 0.255 e. The highest BCUT2D eigenvalue weighted by molar-refractivity contribution is 6.30. The molecule has 0 aliphatic heterocycles. The molecular formula is C20H13ClN2O. The lowest BCUT2D eigenvalue weighted by Gasteiger charge is -2.05. The lowest BCUT2D eigenvalue weighted by atomic mass is 10.1. The third-order valence-corrected chi connectivity index (χ3v) is 3.48. The maximum atomic E-state index is 12.2. The van der Waals surface area contributed by atoms with Crippen molar-refractivity contribution in [2.75, 3.05) is 5.32 Å². The molecule has 1 N–H and O–H groups in total. The van der Waals surface area contributed by atoms with Gasteiger partial charge in [0.25, 0.3) is 5.91 Å². The molecule has 3 aromatic rings. The molecule has 1 heterocycles. The van der Waals surface area contributed by atoms with Crippen molar-refractivity contribution in [2.45, 2.75) is 0 Å². The summed E-state index contributed by atoms with van der Waals surface area (Å²) in [6, 6.07) is 19.7. The molecule has 0 fully saturated rings. The van der Waals surface area contributed by atoms with Crippen molar-refractivity contribution < 1.29 is 4.79 Å². The van der Waals surface area contributed by atoms with E-state index in [0.29, 0.717) is 22.0 Å². The Bertz CT molecular complexity index is 910. The maximum Gasteiger partial charge on any atom is 0.255 e. The van der Waals surface area contributed by atoms with Gasteiger partial charge in [-0.25, -0.2) is 4.98 Å². The van der Waals surface area contributed by atoms with Crippen molar-refractivity contribution in [3.63, 3.8) is 0 Å². The van der Waals surface area contributed by atoms with Crippen LogP contribution in [0.5, 0.6) is 0 Å². The molecule has 1 amide bonds. The van der Waals surface area contributed by atoms with Crippen molar-refractivity contribution in [1.82, 2.24) is 4.98 Å². The Morgan fingerprint density at radius 2 is 1.79 bits per heavy atom. The molecule has 24 heavy (non-hydrogen) atoms. The minimum atomic E-state index is -0.193. The number of carbonyl (C=O) groups is 1. The molecule has 0 spiro atoms. The summed E-state index contributed by atoms with van der Waals surface area (Å²) < 4.78 is 0. The first-order valence-corrected chi connectivity index (χ1v) is 7.68. The largest absolute Gasteiger partial charge is 0.322 e. The van der Waals surface area contributed by atoms with Gasteiger partial charge in [-0.2, -0.15) is 0 Å². The van der Waals surface area contributed by atoms with Crippen LogP contribution < -0.4 is 5.32 Å². The summed E-state index contributed by atoms with van der Waals surface area (Å²) in [5.41, 5.74) is 2.73. The van der Waals surface area contributed by atoms with Gasteiger partial charge in [0, 0.05) is 28.0 Å². The molecule has 2 aromatic carbocycles. The average molecular weight is 333 g/mol. The fraction of sp³-hybridized carbons (Fsp3) is 0. The van der Waals surface area contributed by atoms with Crippen LogP contribution in [0.2, 0.25) is 5.02 Å². The molecule has 0 unspecified atom stereocenters. The van der Waals surface area contributed by atoms with E-state index in [0.717, 1.165) is 5.56 Å². The number of nitrogens with one attached hydrogen (secondary N) is 1. The Morgan fingerprint density at radius 3 is 2.54 bits per heavy atom. The molecule has 4 heteroatoms. The normalized spacial score (nSPS) is 9.71. The lowest BCUT2D eigenvalue weighted by molar-refractivity contribution is 0.102. The van der Waals surface area contributed by atoms with Gasteiger partial charge in [0.1, 0.15) is 5.69 Å². The third kappa shape index (κ3) is 4.22. The van der Waals surface area contributed by atoms with Crippen LogP contribution in [0.4, 0.5) is 5.69 Å². The second-order valence-corrected chi connectivity index (χ2v) is 5.44. The van der Waals surface area contributed by atoms with E-state index in [-0.39, 0.29) is 5.91 Å². The number of anilines is 1. The summed E-state index contributed by atoms with van der Waals surface area (Å²) in [5, 5.41) is 3.45. The average Bonchev–Trinajstić information content (AvgIpc) is 2.62. The van der Waals surface area contributed by atoms with Gasteiger partial charge in [-0.15, -0.1) is 0 Å². The highest BCUT2D eigenvalue weighted by Gasteiger charge is 2.05. The number of benzene rings is 2. The fourth-order valence-corrected chi connectivity index (χ4v) is 2.18. The van der Waals surface area contributed by atoms with Crippen molar-refractivity contribution >= 4 is 23.2 Å². The molecule has 0 radical (unpaired) electrons. The van der Waals surface area contributed by atoms with E-state index >= 15 is 0 Å². The highest BCUT2D eigenvalue weighted by Crippen LogP contribution is 2.14. The van der Waals surface area contributed by atoms with E-state index in [9.17, 15) is 4.79 Å². The van der Waals surface area contributed by atoms with Crippen molar-refractivity contribution in [3.8, 4) is 11.8 Å². The minimum Gasteiger partial charge on any atom is -0.322 e. The molecule has 0 saturated carbocycles. The minimum absolute atomic E-state index is 0.193. The summed E-state index contributed by atoms with van der Waals surface area (Å²) >= 11 is 5.83. The van der Waals surface area contributed by atoms with Gasteiger partial charge in [0.2, 0.25) is 0 Å². The first-order chi connectivity index (χ1) is 11.7. The number of halogens is 1. The Labute approximate surface area is 145 Å². The third-order valence-electron chi connectivity index (χ3n) is 3.23. The maximum absolute atomic E-state index is 12.2. The zero-order valence-electron chi connectivity index (χ0n) is 12.7. The SMILES string of the molecule is O=C(Nc1cccc(C#Cc2ccccn2)c1)c1ccc(Cl)cc1. The van der Waals surface area contributed by atoms with Crippen LogP contribution in [-0.4, -0.2) is 10.9 Å². The van der Waals surface area contributed by atoms with Crippen LogP contribution in [0.3, 0.4) is 0 Å². The summed E-state index contributed by atoms with van der Waals surface area (Å²) in [6.45, 7) is 0. The van der Waals surface area contributed by atoms with E-state index < -0.39 is 0 Å². The number of hydrogen-bond donors (Lipinski definition) is 1. The second kappa shape index (κ2) is 7.45. The molecule has 116 valence electrons. The predicted molar refractivity (Wildman–Crippen MR) is 96.1 cm³/mol. The van der Waals surface area contributed by atoms with Crippen molar-refractivity contribution in [3.05, 3.63) is 94.8 Å². The lowest BCUT2D eigenvalue weighted by Crippen LogP contribution is -2.11. The Morgan fingerprint density at radius 1 is 0.958 bits per heavy atom. The molecule has 1 aromatic heterocycles. The number of hydrogen-bond acceptors (Lipinski definition) is 2. The number of aromatic nitrogens is 1. The zero-order valence-corrected chi connectivity index (χ0v) is 13.4. The summed E-state index contributed by atoms with van der Waals surface area (Å²) in [5.74, 6) is 5.84. The van der Waals surface area contributed by atoms with E-state index in [1.807, 2.05) is 42.5 Å². The molecule has 0 atom stereocenters. The first-order valence-electron chi connectivity index (χ1n) is 7.31.